The van der Waals surface area contributed by atoms with Crippen molar-refractivity contribution in [3.8, 4) is 0 Å². The second-order valence-electron chi connectivity index (χ2n) is 17.4. The Morgan fingerprint density at radius 3 is 2.55 bits per heavy atom. The molecule has 1 saturated carbocycles. The molecule has 0 aromatic heterocycles. The van der Waals surface area contributed by atoms with Crippen molar-refractivity contribution in [3.05, 3.63) is 47.1 Å². The lowest BCUT2D eigenvalue weighted by Gasteiger charge is -2.51. The molecule has 12 nitrogen and oxygen atoms in total. The first-order valence-electron chi connectivity index (χ1n) is 20.7. The number of carbonyl (C=O) groups excluding carboxylic acids is 1. The minimum Gasteiger partial charge on any atom is -0.462 e. The van der Waals surface area contributed by atoms with Gasteiger partial charge < -0.3 is 48.6 Å². The molecule has 1 spiro atoms. The van der Waals surface area contributed by atoms with Crippen LogP contribution in [0, 0.1) is 23.7 Å². The summed E-state index contributed by atoms with van der Waals surface area (Å²) in [5.41, 5.74) is 0.362. The van der Waals surface area contributed by atoms with E-state index in [1.807, 2.05) is 19.1 Å². The van der Waals surface area contributed by atoms with Gasteiger partial charge in [0.1, 0.15) is 35.5 Å². The largest absolute Gasteiger partial charge is 0.462 e. The van der Waals surface area contributed by atoms with E-state index >= 15 is 0 Å². The molecule has 0 amide bonds. The number of hydrogen-bond donors (Lipinski definition) is 3. The van der Waals surface area contributed by atoms with E-state index in [0.29, 0.717) is 55.1 Å². The highest BCUT2D eigenvalue weighted by atomic mass is 16.7. The first-order chi connectivity index (χ1) is 26.4. The number of allylic oxidation sites excluding steroid dienone is 2. The quantitative estimate of drug-likeness (QED) is 0.132. The van der Waals surface area contributed by atoms with Crippen molar-refractivity contribution in [2.24, 2.45) is 28.8 Å². The van der Waals surface area contributed by atoms with Crippen molar-refractivity contribution in [2.75, 3.05) is 13.7 Å². The summed E-state index contributed by atoms with van der Waals surface area (Å²) in [6.07, 6.45) is 14.4. The fourth-order valence-corrected chi connectivity index (χ4v) is 10.4. The Bertz CT molecular complexity index is 1550. The monoisotopic (exact) mass is 769 g/mol. The van der Waals surface area contributed by atoms with Gasteiger partial charge in [-0.25, -0.2) is 0 Å². The van der Waals surface area contributed by atoms with E-state index < -0.39 is 66.2 Å². The topological polar surface area (TPSA) is 155 Å². The zero-order chi connectivity index (χ0) is 39.1. The Morgan fingerprint density at radius 1 is 1.02 bits per heavy atom. The van der Waals surface area contributed by atoms with Crippen molar-refractivity contribution in [2.45, 2.75) is 172 Å². The van der Waals surface area contributed by atoms with Gasteiger partial charge in [0.2, 0.25) is 0 Å². The number of oxime groups is 1. The molecule has 7 rings (SSSR count). The molecule has 14 atom stereocenters. The summed E-state index contributed by atoms with van der Waals surface area (Å²) in [4.78, 5) is 14.4. The molecule has 55 heavy (non-hydrogen) atoms. The zero-order valence-electron chi connectivity index (χ0n) is 33.4. The van der Waals surface area contributed by atoms with Crippen LogP contribution in [-0.2, 0) is 38.0 Å². The summed E-state index contributed by atoms with van der Waals surface area (Å²) in [6, 6.07) is 0. The Hall–Kier alpha value is -2.42. The number of hydrogen-bond acceptors (Lipinski definition) is 12. The predicted octanol–water partition coefficient (Wildman–Crippen LogP) is 6.07. The molecule has 2 aliphatic carbocycles. The molecular formula is C43H63NO11. The number of ether oxygens (including phenoxy) is 7. The number of aliphatic hydroxyl groups is 2. The van der Waals surface area contributed by atoms with Gasteiger partial charge in [-0.1, -0.05) is 68.6 Å². The van der Waals surface area contributed by atoms with E-state index in [2.05, 4.69) is 32.0 Å². The molecule has 0 aromatic carbocycles. The Morgan fingerprint density at radius 2 is 1.80 bits per heavy atom. The molecule has 0 radical (unpaired) electrons. The van der Waals surface area contributed by atoms with Crippen LogP contribution in [0.5, 0.6) is 0 Å². The van der Waals surface area contributed by atoms with Crippen LogP contribution in [0.15, 0.2) is 52.3 Å². The van der Waals surface area contributed by atoms with Gasteiger partial charge >= 0.3 is 5.97 Å². The molecule has 5 fully saturated rings. The molecule has 3 N–H and O–H groups in total. The lowest BCUT2D eigenvalue weighted by Crippen LogP contribution is -2.57. The van der Waals surface area contributed by atoms with Crippen molar-refractivity contribution < 1.29 is 53.4 Å². The first-order valence-corrected chi connectivity index (χ1v) is 20.7. The molecule has 306 valence electrons. The molecule has 12 heteroatoms. The number of methoxy groups -OCH3 is 1. The van der Waals surface area contributed by atoms with Crippen molar-refractivity contribution in [1.29, 1.82) is 0 Å². The standard InChI is InChI=1S/C43H63NO11/c1-24-11-10-14-30-23-50-40-36(44-48)27(4)19-33(43(30,40)47)41(46)52-32-20-31(16-15-25(2)38(24)53-35-21-34(49-6)37(45)28(5)51-35)54-42(22-32)18-17-26(3)39(55-42)29-12-8-7-9-13-29/h10-11,14-15,19,24,26,28-29,31-35,37-40,45,47-48H,7-9,12-13,16-18,20-23H2,1-6H3/b11-10+,25-15+,30-14+,44-36-/t24-,26-,28-,31+,32-,33-,34-,35+,37-,38-,39-,40+,42+,43+/m0/s1. The van der Waals surface area contributed by atoms with Crippen LogP contribution in [-0.4, -0.2) is 107 Å². The summed E-state index contributed by atoms with van der Waals surface area (Å²) in [5, 5.41) is 36.7. The predicted molar refractivity (Wildman–Crippen MR) is 203 cm³/mol. The number of nitrogens with zero attached hydrogens (tertiary/aromatic N) is 1. The smallest absolute Gasteiger partial charge is 0.316 e. The van der Waals surface area contributed by atoms with E-state index in [0.717, 1.165) is 24.8 Å². The second kappa shape index (κ2) is 16.8. The maximum atomic E-state index is 14.4. The second-order valence-corrected chi connectivity index (χ2v) is 17.4. The van der Waals surface area contributed by atoms with Gasteiger partial charge in [-0.15, -0.1) is 0 Å². The van der Waals surface area contributed by atoms with Gasteiger partial charge in [-0.3, -0.25) is 4.79 Å². The molecule has 0 aromatic rings. The highest BCUT2D eigenvalue weighted by Gasteiger charge is 2.60. The lowest BCUT2D eigenvalue weighted by molar-refractivity contribution is -0.342. The maximum Gasteiger partial charge on any atom is 0.316 e. The van der Waals surface area contributed by atoms with Crippen LogP contribution < -0.4 is 0 Å². The highest BCUT2D eigenvalue weighted by Crippen LogP contribution is 2.48. The average Bonchev–Trinajstić information content (AvgIpc) is 3.50. The van der Waals surface area contributed by atoms with Gasteiger partial charge in [0.25, 0.3) is 0 Å². The summed E-state index contributed by atoms with van der Waals surface area (Å²) >= 11 is 0. The molecule has 2 bridgehead atoms. The van der Waals surface area contributed by atoms with Gasteiger partial charge in [-0.2, -0.15) is 0 Å². The van der Waals surface area contributed by atoms with Crippen LogP contribution in [0.25, 0.3) is 0 Å². The minimum absolute atomic E-state index is 0.0359. The van der Waals surface area contributed by atoms with Crippen LogP contribution in [0.4, 0.5) is 0 Å². The zero-order valence-corrected chi connectivity index (χ0v) is 33.4. The third-order valence-corrected chi connectivity index (χ3v) is 13.6. The van der Waals surface area contributed by atoms with E-state index in [1.54, 1.807) is 26.2 Å². The molecule has 0 unspecified atom stereocenters. The molecule has 5 aliphatic heterocycles. The Balaban J connectivity index is 1.25. The summed E-state index contributed by atoms with van der Waals surface area (Å²) < 4.78 is 45.1. The number of esters is 1. The number of carbonyl (C=O) groups is 1. The fraction of sp³-hybridized carbons (Fsp3) is 0.767. The van der Waals surface area contributed by atoms with E-state index in [9.17, 15) is 20.2 Å². The summed E-state index contributed by atoms with van der Waals surface area (Å²) in [5.74, 6) is -1.83. The number of fused-ring (bicyclic) bond motifs is 2. The van der Waals surface area contributed by atoms with E-state index in [1.165, 1.54) is 19.3 Å². The molecular weight excluding hydrogens is 706 g/mol. The van der Waals surface area contributed by atoms with Crippen LogP contribution in [0.3, 0.4) is 0 Å². The van der Waals surface area contributed by atoms with E-state index in [-0.39, 0.29) is 30.4 Å². The van der Waals surface area contributed by atoms with Crippen molar-refractivity contribution >= 4 is 11.7 Å². The third kappa shape index (κ3) is 8.17. The van der Waals surface area contributed by atoms with Crippen molar-refractivity contribution in [1.82, 2.24) is 0 Å². The molecule has 5 heterocycles. The fourth-order valence-electron chi connectivity index (χ4n) is 10.4. The van der Waals surface area contributed by atoms with Crippen molar-refractivity contribution in [3.63, 3.8) is 0 Å². The van der Waals surface area contributed by atoms with Gasteiger partial charge in [-0.05, 0) is 75.0 Å². The molecule has 7 aliphatic rings. The minimum atomic E-state index is -1.83. The SMILES string of the molecule is CO[C@H]1C[C@@H](O[C@@H]2/C(C)=C/C[C@@H]3C[C@@H](C[C@]4(CC[C@H](C)[C@@H](C5CCCCC5)O4)O3)OC(=O)[C@@H]3C=C(C)/C(=N/O)[C@H]4OC/C(=C\C=C\[C@@H]2C)[C@]43O)O[C@@H](C)[C@@H]1O. The van der Waals surface area contributed by atoms with E-state index in [4.69, 9.17) is 33.2 Å². The average molecular weight is 770 g/mol. The summed E-state index contributed by atoms with van der Waals surface area (Å²) in [6.45, 7) is 10.0. The van der Waals surface area contributed by atoms with Gasteiger partial charge in [0, 0.05) is 38.7 Å². The maximum absolute atomic E-state index is 14.4. The number of rotatable bonds is 4. The Kier molecular flexibility index (Phi) is 12.5. The lowest BCUT2D eigenvalue weighted by atomic mass is 9.71. The highest BCUT2D eigenvalue weighted by molar-refractivity contribution is 6.06. The normalized spacial score (nSPS) is 47.9. The third-order valence-electron chi connectivity index (χ3n) is 13.6. The molecule has 4 saturated heterocycles. The van der Waals surface area contributed by atoms with Crippen LogP contribution >= 0.6 is 0 Å². The van der Waals surface area contributed by atoms with Gasteiger partial charge in [0.15, 0.2) is 12.1 Å². The van der Waals surface area contributed by atoms with Crippen LogP contribution in [0.2, 0.25) is 0 Å². The van der Waals surface area contributed by atoms with Crippen LogP contribution in [0.1, 0.15) is 105 Å². The summed E-state index contributed by atoms with van der Waals surface area (Å²) in [7, 11) is 1.59. The first kappa shape index (κ1) is 40.8. The number of aliphatic hydroxyl groups excluding tert-OH is 1. The Labute approximate surface area is 325 Å². The van der Waals surface area contributed by atoms with Gasteiger partial charge in [0.05, 0.1) is 37.1 Å².